The molecule has 2 aromatic heterocycles. The van der Waals surface area contributed by atoms with E-state index in [1.807, 2.05) is 6.92 Å². The molecule has 8 heteroatoms. The largest absolute Gasteiger partial charge is 0.352 e. The molecule has 0 radical (unpaired) electrons. The van der Waals surface area contributed by atoms with E-state index in [1.54, 1.807) is 4.57 Å². The number of nitrogens with one attached hydrogen (secondary N) is 1. The van der Waals surface area contributed by atoms with E-state index in [1.165, 1.54) is 17.8 Å². The van der Waals surface area contributed by atoms with Crippen molar-refractivity contribution in [1.29, 1.82) is 0 Å². The van der Waals surface area contributed by atoms with Gasteiger partial charge in [0.1, 0.15) is 11.4 Å². The Kier molecular flexibility index (Phi) is 6.57. The van der Waals surface area contributed by atoms with E-state index in [0.717, 1.165) is 52.4 Å². The smallest absolute Gasteiger partial charge is 0.332 e. The van der Waals surface area contributed by atoms with Crippen molar-refractivity contribution in [3.05, 3.63) is 30.2 Å². The highest BCUT2D eigenvalue weighted by molar-refractivity contribution is 9.11. The fourth-order valence-electron chi connectivity index (χ4n) is 3.68. The van der Waals surface area contributed by atoms with Crippen LogP contribution in [0.25, 0.3) is 10.2 Å². The summed E-state index contributed by atoms with van der Waals surface area (Å²) < 4.78 is 3.60. The Bertz CT molecular complexity index is 954. The topological polar surface area (TPSA) is 73.1 Å². The summed E-state index contributed by atoms with van der Waals surface area (Å²) in [6.07, 6.45) is 7.16. The molecule has 6 nitrogen and oxygen atoms in total. The van der Waals surface area contributed by atoms with Crippen molar-refractivity contribution in [2.24, 2.45) is 0 Å². The first-order chi connectivity index (χ1) is 12.9. The van der Waals surface area contributed by atoms with Crippen molar-refractivity contribution >= 4 is 43.4 Å². The maximum atomic E-state index is 13.0. The molecule has 1 aliphatic rings. The molecule has 0 bridgehead atoms. The van der Waals surface area contributed by atoms with E-state index in [0.29, 0.717) is 16.8 Å². The maximum absolute atomic E-state index is 13.0. The number of thiophene rings is 1. The van der Waals surface area contributed by atoms with Gasteiger partial charge in [-0.2, -0.15) is 0 Å². The molecule has 0 atom stereocenters. The Balaban J connectivity index is 1.98. The summed E-state index contributed by atoms with van der Waals surface area (Å²) in [4.78, 5) is 39.2. The highest BCUT2D eigenvalue weighted by Gasteiger charge is 2.21. The second-order valence-electron chi connectivity index (χ2n) is 7.26. The lowest BCUT2D eigenvalue weighted by Gasteiger charge is -2.23. The van der Waals surface area contributed by atoms with Gasteiger partial charge in [-0.3, -0.25) is 18.7 Å². The number of hydrogen-bond acceptors (Lipinski definition) is 4. The summed E-state index contributed by atoms with van der Waals surface area (Å²) in [5.74, 6) is -0.255. The zero-order valence-corrected chi connectivity index (χ0v) is 18.2. The number of hydrogen-bond donors (Lipinski definition) is 1. The molecule has 2 aromatic rings. The third kappa shape index (κ3) is 4.21. The lowest BCUT2D eigenvalue weighted by molar-refractivity contribution is -0.122. The number of unbranched alkanes of at least 4 members (excludes halogenated alkanes) is 1. The van der Waals surface area contributed by atoms with Crippen LogP contribution < -0.4 is 16.6 Å². The van der Waals surface area contributed by atoms with Crippen LogP contribution in [0.4, 0.5) is 0 Å². The van der Waals surface area contributed by atoms with Gasteiger partial charge < -0.3 is 5.32 Å². The number of rotatable bonds is 6. The molecular weight excluding hydrogens is 430 g/mol. The Morgan fingerprint density at radius 2 is 1.93 bits per heavy atom. The van der Waals surface area contributed by atoms with Gasteiger partial charge in [-0.25, -0.2) is 4.79 Å². The average Bonchev–Trinajstić information content (AvgIpc) is 2.94. The molecular formula is C19H26BrN3O3S. The third-order valence-electron chi connectivity index (χ3n) is 5.24. The minimum atomic E-state index is -0.395. The van der Waals surface area contributed by atoms with Gasteiger partial charge in [-0.15, -0.1) is 11.3 Å². The van der Waals surface area contributed by atoms with Gasteiger partial charge in [0.25, 0.3) is 5.56 Å². The van der Waals surface area contributed by atoms with Gasteiger partial charge in [0.15, 0.2) is 0 Å². The molecule has 1 N–H and O–H groups in total. The number of carbonyl (C=O) groups excluding carboxylic acids is 1. The second kappa shape index (κ2) is 8.73. The van der Waals surface area contributed by atoms with E-state index in [4.69, 9.17) is 0 Å². The monoisotopic (exact) mass is 455 g/mol. The molecule has 2 heterocycles. The standard InChI is InChI=1S/C19H26BrN3O3S/c1-3-4-10-22-18-15(12(2)16(20)27-18)17(25)23(19(22)26)11-14(24)21-13-8-6-5-7-9-13/h13H,3-11H2,1-2H3,(H,21,24). The Morgan fingerprint density at radius 1 is 1.22 bits per heavy atom. The van der Waals surface area contributed by atoms with Crippen molar-refractivity contribution in [1.82, 2.24) is 14.5 Å². The SMILES string of the molecule is CCCCn1c(=O)n(CC(=O)NC2CCCCC2)c(=O)c2c(C)c(Br)sc21. The van der Waals surface area contributed by atoms with Crippen LogP contribution in [0.15, 0.2) is 13.4 Å². The number of aromatic nitrogens is 2. The van der Waals surface area contributed by atoms with Crippen molar-refractivity contribution in [2.75, 3.05) is 0 Å². The molecule has 0 aliphatic heterocycles. The van der Waals surface area contributed by atoms with Crippen molar-refractivity contribution in [3.8, 4) is 0 Å². The summed E-state index contributed by atoms with van der Waals surface area (Å²) in [5.41, 5.74) is 0.0566. The lowest BCUT2D eigenvalue weighted by atomic mass is 9.95. The van der Waals surface area contributed by atoms with Gasteiger partial charge in [0.05, 0.1) is 9.17 Å². The molecule has 1 fully saturated rings. The first-order valence-electron chi connectivity index (χ1n) is 9.65. The first kappa shape index (κ1) is 20.3. The van der Waals surface area contributed by atoms with Crippen LogP contribution in [-0.4, -0.2) is 21.1 Å². The van der Waals surface area contributed by atoms with Gasteiger partial charge >= 0.3 is 5.69 Å². The zero-order chi connectivity index (χ0) is 19.6. The minimum Gasteiger partial charge on any atom is -0.352 e. The van der Waals surface area contributed by atoms with Crippen LogP contribution in [0.1, 0.15) is 57.4 Å². The summed E-state index contributed by atoms with van der Waals surface area (Å²) in [5, 5.41) is 3.53. The number of carbonyl (C=O) groups is 1. The van der Waals surface area contributed by atoms with Crippen molar-refractivity contribution in [3.63, 3.8) is 0 Å². The van der Waals surface area contributed by atoms with Crippen molar-refractivity contribution < 1.29 is 4.79 Å². The summed E-state index contributed by atoms with van der Waals surface area (Å²) in [7, 11) is 0. The fourth-order valence-corrected chi connectivity index (χ4v) is 5.39. The van der Waals surface area contributed by atoms with Crippen LogP contribution in [0, 0.1) is 6.92 Å². The summed E-state index contributed by atoms with van der Waals surface area (Å²) in [6.45, 7) is 4.25. The van der Waals surface area contributed by atoms with Crippen LogP contribution in [0.2, 0.25) is 0 Å². The number of fused-ring (bicyclic) bond motifs is 1. The third-order valence-corrected chi connectivity index (χ3v) is 7.43. The van der Waals surface area contributed by atoms with Crippen LogP contribution in [0.5, 0.6) is 0 Å². The highest BCUT2D eigenvalue weighted by atomic mass is 79.9. The van der Waals surface area contributed by atoms with E-state index in [-0.39, 0.29) is 24.1 Å². The molecule has 0 unspecified atom stereocenters. The first-order valence-corrected chi connectivity index (χ1v) is 11.3. The fraction of sp³-hybridized carbons (Fsp3) is 0.632. The van der Waals surface area contributed by atoms with Gasteiger partial charge in [0, 0.05) is 12.6 Å². The second-order valence-corrected chi connectivity index (χ2v) is 9.58. The maximum Gasteiger partial charge on any atom is 0.332 e. The predicted octanol–water partition coefficient (Wildman–Crippen LogP) is 3.54. The van der Waals surface area contributed by atoms with Crippen molar-refractivity contribution in [2.45, 2.75) is 77.9 Å². The van der Waals surface area contributed by atoms with Crippen LogP contribution in [-0.2, 0) is 17.9 Å². The predicted molar refractivity (Wildman–Crippen MR) is 113 cm³/mol. The molecule has 148 valence electrons. The van der Waals surface area contributed by atoms with E-state index < -0.39 is 5.69 Å². The average molecular weight is 456 g/mol. The highest BCUT2D eigenvalue weighted by Crippen LogP contribution is 2.32. The van der Waals surface area contributed by atoms with E-state index in [2.05, 4.69) is 28.2 Å². The van der Waals surface area contributed by atoms with E-state index in [9.17, 15) is 14.4 Å². The Labute approximate surface area is 170 Å². The Morgan fingerprint density at radius 3 is 2.59 bits per heavy atom. The summed E-state index contributed by atoms with van der Waals surface area (Å²) in [6, 6.07) is 0.157. The normalized spacial score (nSPS) is 15.4. The summed E-state index contributed by atoms with van der Waals surface area (Å²) >= 11 is 4.89. The molecule has 0 aromatic carbocycles. The quantitative estimate of drug-likeness (QED) is 0.723. The molecule has 1 aliphatic carbocycles. The van der Waals surface area contributed by atoms with E-state index >= 15 is 0 Å². The zero-order valence-electron chi connectivity index (χ0n) is 15.8. The minimum absolute atomic E-state index is 0.157. The molecule has 0 spiro atoms. The molecule has 1 amide bonds. The Hall–Kier alpha value is -1.41. The number of halogens is 1. The molecule has 27 heavy (non-hydrogen) atoms. The number of amides is 1. The molecule has 1 saturated carbocycles. The van der Waals surface area contributed by atoms with Gasteiger partial charge in [-0.1, -0.05) is 32.6 Å². The molecule has 0 saturated heterocycles. The lowest BCUT2D eigenvalue weighted by Crippen LogP contribution is -2.45. The van der Waals surface area contributed by atoms with Crippen LogP contribution in [0.3, 0.4) is 0 Å². The van der Waals surface area contributed by atoms with Gasteiger partial charge in [-0.05, 0) is 47.7 Å². The number of aryl methyl sites for hydroxylation is 2. The van der Waals surface area contributed by atoms with Crippen LogP contribution >= 0.6 is 27.3 Å². The molecule has 3 rings (SSSR count). The number of nitrogens with zero attached hydrogens (tertiary/aromatic N) is 2. The van der Waals surface area contributed by atoms with Gasteiger partial charge in [0.2, 0.25) is 5.91 Å².